The number of aryl methyl sites for hydroxylation is 6. The van der Waals surface area contributed by atoms with Crippen LogP contribution in [0.1, 0.15) is 518 Å². The minimum atomic E-state index is -3.20. The van der Waals surface area contributed by atoms with Crippen molar-refractivity contribution in [2.24, 2.45) is 35.4 Å². The van der Waals surface area contributed by atoms with E-state index in [1.807, 2.05) is 96.1 Å². The van der Waals surface area contributed by atoms with Crippen molar-refractivity contribution in [1.82, 2.24) is 0 Å². The number of ether oxygens (including phenoxy) is 6. The van der Waals surface area contributed by atoms with Crippen molar-refractivity contribution < 1.29 is 117 Å². The van der Waals surface area contributed by atoms with E-state index in [0.29, 0.717) is 107 Å². The predicted molar refractivity (Wildman–Crippen MR) is 572 cm³/mol. The van der Waals surface area contributed by atoms with E-state index in [-0.39, 0.29) is 135 Å². The van der Waals surface area contributed by atoms with E-state index in [1.165, 1.54) is 96.1 Å². The van der Waals surface area contributed by atoms with Gasteiger partial charge in [-0.2, -0.15) is 0 Å². The molecule has 6 aromatic carbocycles. The fourth-order valence-electron chi connectivity index (χ4n) is 20.1. The Morgan fingerprint density at radius 3 is 0.986 bits per heavy atom. The summed E-state index contributed by atoms with van der Waals surface area (Å²) in [4.78, 5) is 0. The van der Waals surface area contributed by atoms with Crippen LogP contribution in [0.15, 0.2) is 143 Å². The molecule has 6 N–H and O–H groups in total. The van der Waals surface area contributed by atoms with Crippen molar-refractivity contribution in [1.29, 1.82) is 0 Å². The number of allylic oxidation sites excluding steroid dienone is 12. The van der Waals surface area contributed by atoms with Crippen LogP contribution in [0.25, 0.3) is 0 Å². The van der Waals surface area contributed by atoms with Crippen molar-refractivity contribution in [3.63, 3.8) is 0 Å². The summed E-state index contributed by atoms with van der Waals surface area (Å²) in [6.07, 6.45) is -7.52. The van der Waals surface area contributed by atoms with E-state index in [0.717, 1.165) is 75.8 Å². The normalized spacial score (nSPS) is 36.1. The topological polar surface area (TPSA) is 177 Å². The summed E-state index contributed by atoms with van der Waals surface area (Å²) in [5.41, 5.74) is -4.29. The Morgan fingerprint density at radius 1 is 0.297 bits per heavy atom. The largest absolute Gasteiger partial charge is 0.507 e. The lowest BCUT2D eigenvalue weighted by Gasteiger charge is -2.46. The molecule has 12 nitrogen and oxygen atoms in total. The Labute approximate surface area is 893 Å². The van der Waals surface area contributed by atoms with Crippen LogP contribution >= 0.6 is 0 Å². The van der Waals surface area contributed by atoms with Gasteiger partial charge in [-0.25, -0.2) is 0 Å². The fraction of sp³-hybridized carbons (Fsp3) is 0.619. The molecule has 6 heterocycles. The Hall–Kier alpha value is -8.64. The van der Waals surface area contributed by atoms with E-state index in [9.17, 15) is 37.5 Å². The number of hydrogen-bond donors (Lipinski definition) is 6. The molecule has 6 aliphatic heterocycles. The fourth-order valence-corrected chi connectivity index (χ4v) is 20.1. The summed E-state index contributed by atoms with van der Waals surface area (Å²) in [6.45, 7) is 28.8. The van der Waals surface area contributed by atoms with E-state index in [2.05, 4.69) is 0 Å². The minimum absolute atomic E-state index is 0.0284. The molecule has 0 spiro atoms. The molecule has 6 aromatic rings. The number of unbranched alkanes of at least 4 members (excludes halogenated alkanes) is 6. The lowest BCUT2D eigenvalue weighted by molar-refractivity contribution is 0.0104. The van der Waals surface area contributed by atoms with Crippen molar-refractivity contribution in [3.05, 3.63) is 209 Å². The third-order valence-corrected chi connectivity index (χ3v) is 27.5. The molecule has 12 atom stereocenters. The maximum atomic E-state index is 11.0. The lowest BCUT2D eigenvalue weighted by Crippen LogP contribution is -2.45. The van der Waals surface area contributed by atoms with Crippen molar-refractivity contribution in [2.45, 2.75) is 466 Å². The molecule has 6 aliphatic carbocycles. The van der Waals surface area contributed by atoms with Crippen molar-refractivity contribution in [2.75, 3.05) is 0 Å². The van der Waals surface area contributed by atoms with Gasteiger partial charge in [0.15, 0.2) is 0 Å². The van der Waals surface area contributed by atoms with Crippen LogP contribution < -0.4 is 28.4 Å². The highest BCUT2D eigenvalue weighted by molar-refractivity contribution is 5.60. The van der Waals surface area contributed by atoms with Gasteiger partial charge in [0.05, 0.1) is 4.11 Å². The second-order valence-electron chi connectivity index (χ2n) is 41.3. The average Bonchev–Trinajstić information content (AvgIpc) is 0.666. The molecule has 138 heavy (non-hydrogen) atoms. The number of fused-ring (bicyclic) bond motifs is 18. The second kappa shape index (κ2) is 45.7. The average molecular weight is 1930 g/mol. The molecule has 756 valence electrons. The third-order valence-electron chi connectivity index (χ3n) is 27.5. The van der Waals surface area contributed by atoms with Crippen LogP contribution in [0.3, 0.4) is 0 Å². The van der Waals surface area contributed by atoms with E-state index in [4.69, 9.17) is 79.1 Å². The molecule has 0 aromatic heterocycles. The van der Waals surface area contributed by atoms with Gasteiger partial charge in [0.1, 0.15) is 103 Å². The van der Waals surface area contributed by atoms with E-state index in [1.54, 1.807) is 38.1 Å². The zero-order valence-electron chi connectivity index (χ0n) is 127. The maximum absolute atomic E-state index is 11.0. The number of phenols is 6. The first kappa shape index (κ1) is 63.4. The number of hydrogen-bond acceptors (Lipinski definition) is 12. The summed E-state index contributed by atoms with van der Waals surface area (Å²) < 4.78 is 391. The lowest BCUT2D eigenvalue weighted by atomic mass is 9.68. The van der Waals surface area contributed by atoms with Gasteiger partial charge in [-0.1, -0.05) is 188 Å². The van der Waals surface area contributed by atoms with Crippen LogP contribution in [0, 0.1) is 35.4 Å². The van der Waals surface area contributed by atoms with Crippen LogP contribution in [-0.4, -0.2) is 64.2 Å². The molecule has 0 radical (unpaired) electrons. The van der Waals surface area contributed by atoms with Crippen LogP contribution in [-0.2, 0) is 38.2 Å². The monoisotopic (exact) mass is 1930 g/mol. The molecule has 0 unspecified atom stereocenters. The molecule has 0 amide bonds. The first-order valence-corrected chi connectivity index (χ1v) is 50.1. The standard InChI is InChI=1S/6C21H30O2/c6*1-5-6-7-8-15-12-18(22)20-16-11-14(2)9-10-17(16)21(3,4)23-19(20)13-15/h6*11-13,16-17,22H,5-10H2,1-4H3/t6*16-,17-/m111111/s1/i2D3,8D2,9D2,10D2,11D,17D;8D2,10D2,11D,16D,17D;2D3,8D2,10D2,11D,17D;8D2,9D2,16D;2D3,8D2,9D2;8D2,16D. The molecular weight excluding hydrogens is 1710 g/mol. The van der Waals surface area contributed by atoms with Gasteiger partial charge >= 0.3 is 0 Å². The predicted octanol–water partition coefficient (Wildman–Crippen LogP) is 34.4. The Morgan fingerprint density at radius 2 is 0.594 bits per heavy atom. The number of benzene rings is 6. The molecule has 12 heteroatoms. The SMILES string of the molecule is [2H]C([2H])(CCCC)c1cc(O)c2c(c1)OC(C)(C)[C@@H]1CCC(C)=C[C@@]21[2H].[2H]C([2H])([2H])C1=C[C@H]2c3c(O)cc(C([2H])([2H])CCCC)cc3OC(C)(C)[C@@H]2CC1([2H])[2H].[2H]C1([2H])C[C@H]2C(C)(C)Oc3cc(C([2H])([2H])CCCC)cc(O)c3[C@]2([2H])C=C1C.[2H]C1=C(C([2H])([2H])[2H])C([2H])([2H])C([2H])([2H])[C@]2([2H])[C@@H]1c1c(O)cc(C([2H])([2H])CCCC)cc1OC2(C)C.[2H]C1=C(C([2H])([2H])[2H])CC([2H])([2H])[C@]2([2H])[C@@H]1c1c(O)cc(C([2H])([2H])CCCC)cc1OC2(C)C.[2H]C1=C(C)CC([2H])([2H])[C@@]2([2H])C(C)(C)Oc3cc(C([2H])([2H])CCCC)cc(O)c3[C@]12[2H]. The summed E-state index contributed by atoms with van der Waals surface area (Å²) in [5.74, 6) is -16.6. The van der Waals surface area contributed by atoms with Gasteiger partial charge in [0.2, 0.25) is 0 Å². The minimum Gasteiger partial charge on any atom is -0.507 e. The first-order chi connectivity index (χ1) is 81.5. The number of phenolic OH excluding ortho intramolecular Hbond substituents is 6. The molecule has 12 aliphatic rings. The second-order valence-corrected chi connectivity index (χ2v) is 41.3. The third kappa shape index (κ3) is 25.0. The summed E-state index contributed by atoms with van der Waals surface area (Å²) in [7, 11) is 0. The van der Waals surface area contributed by atoms with Crippen LogP contribution in [0.5, 0.6) is 69.0 Å². The molecule has 0 bridgehead atoms. The van der Waals surface area contributed by atoms with Crippen molar-refractivity contribution >= 4 is 0 Å². The zero-order chi connectivity index (χ0) is 137. The van der Waals surface area contributed by atoms with Gasteiger partial charge in [0.25, 0.3) is 0 Å². The van der Waals surface area contributed by atoms with Crippen LogP contribution in [0.4, 0.5) is 0 Å². The van der Waals surface area contributed by atoms with Crippen molar-refractivity contribution in [3.8, 4) is 69.0 Å². The zero-order valence-corrected chi connectivity index (χ0v) is 85.2. The first-order valence-electron chi connectivity index (χ1n) is 71.1. The van der Waals surface area contributed by atoms with E-state index < -0.39 is 231 Å². The molecular formula is C126H180O12. The highest BCUT2D eigenvalue weighted by Crippen LogP contribution is 2.61. The van der Waals surface area contributed by atoms with Gasteiger partial charge < -0.3 is 59.1 Å². The van der Waals surface area contributed by atoms with Crippen LogP contribution in [0.2, 0.25) is 0 Å². The molecule has 0 fully saturated rings. The highest BCUT2D eigenvalue weighted by atomic mass is 16.5. The molecule has 18 rings (SSSR count). The Balaban J connectivity index is 0.000000176. The van der Waals surface area contributed by atoms with Gasteiger partial charge in [-0.3, -0.25) is 0 Å². The summed E-state index contributed by atoms with van der Waals surface area (Å²) >= 11 is 0. The molecule has 0 saturated heterocycles. The maximum Gasteiger partial charge on any atom is 0.127 e. The van der Waals surface area contributed by atoms with Gasteiger partial charge in [0, 0.05) is 158 Å². The number of aromatic hydroxyl groups is 6. The summed E-state index contributed by atoms with van der Waals surface area (Å²) in [6, 6.07) is 15.6. The summed E-state index contributed by atoms with van der Waals surface area (Å²) in [5, 5.41) is 65.3. The Bertz CT molecular complexity index is 7530. The molecule has 0 saturated carbocycles. The van der Waals surface area contributed by atoms with Gasteiger partial charge in [-0.05, 0) is 384 Å². The Kier molecular flexibility index (Phi) is 21.0. The smallest absolute Gasteiger partial charge is 0.127 e. The highest BCUT2D eigenvalue weighted by Gasteiger charge is 2.52. The number of rotatable bonds is 24. The quantitative estimate of drug-likeness (QED) is 0.0317. The van der Waals surface area contributed by atoms with Gasteiger partial charge in [-0.15, -0.1) is 0 Å². The van der Waals surface area contributed by atoms with E-state index >= 15 is 0 Å².